The number of guanidine groups is 1. The first kappa shape index (κ1) is 20.3. The summed E-state index contributed by atoms with van der Waals surface area (Å²) in [6, 6.07) is 8.06. The minimum atomic E-state index is 0.246. The summed E-state index contributed by atoms with van der Waals surface area (Å²) in [5.74, 6) is 1.63. The van der Waals surface area contributed by atoms with Crippen LogP contribution < -0.4 is 15.4 Å². The van der Waals surface area contributed by atoms with Crippen LogP contribution in [0, 0.1) is 13.8 Å². The molecule has 1 unspecified atom stereocenters. The number of rotatable bonds is 7. The molecule has 0 bridgehead atoms. The van der Waals surface area contributed by atoms with E-state index in [4.69, 9.17) is 4.74 Å². The highest BCUT2D eigenvalue weighted by atomic mass is 79.9. The summed E-state index contributed by atoms with van der Waals surface area (Å²) in [7, 11) is 3.76. The first-order valence-electron chi connectivity index (χ1n) is 8.75. The first-order chi connectivity index (χ1) is 12.4. The smallest absolute Gasteiger partial charge is 0.191 e. The molecule has 2 N–H and O–H groups in total. The number of halogens is 1. The van der Waals surface area contributed by atoms with Crippen LogP contribution in [0.2, 0.25) is 0 Å². The highest BCUT2D eigenvalue weighted by Gasteiger charge is 2.13. The van der Waals surface area contributed by atoms with Crippen molar-refractivity contribution in [2.24, 2.45) is 12.0 Å². The van der Waals surface area contributed by atoms with Gasteiger partial charge in [-0.15, -0.1) is 0 Å². The SMILES string of the molecule is CN=C(NCCOc1ccc(Br)cc1)NC(C)Cc1c(C)nn(C)c1C. The van der Waals surface area contributed by atoms with Gasteiger partial charge in [0.15, 0.2) is 5.96 Å². The number of aliphatic imine (C=N–C) groups is 1. The van der Waals surface area contributed by atoms with Gasteiger partial charge in [0.25, 0.3) is 0 Å². The van der Waals surface area contributed by atoms with Crippen LogP contribution in [0.15, 0.2) is 33.7 Å². The van der Waals surface area contributed by atoms with E-state index in [9.17, 15) is 0 Å². The normalized spacial score (nSPS) is 12.8. The van der Waals surface area contributed by atoms with E-state index in [1.807, 2.05) is 36.0 Å². The van der Waals surface area contributed by atoms with E-state index in [2.05, 4.69) is 57.4 Å². The van der Waals surface area contributed by atoms with E-state index in [-0.39, 0.29) is 6.04 Å². The molecule has 0 aliphatic rings. The predicted molar refractivity (Wildman–Crippen MR) is 110 cm³/mol. The Morgan fingerprint density at radius 1 is 1.31 bits per heavy atom. The first-order valence-corrected chi connectivity index (χ1v) is 9.54. The monoisotopic (exact) mass is 421 g/mol. The molecule has 2 rings (SSSR count). The van der Waals surface area contributed by atoms with Crippen molar-refractivity contribution in [3.8, 4) is 5.75 Å². The molecule has 1 atom stereocenters. The molecule has 0 aliphatic carbocycles. The zero-order chi connectivity index (χ0) is 19.1. The van der Waals surface area contributed by atoms with Gasteiger partial charge in [-0.2, -0.15) is 5.10 Å². The molecule has 7 heteroatoms. The highest BCUT2D eigenvalue weighted by Crippen LogP contribution is 2.16. The van der Waals surface area contributed by atoms with Crippen molar-refractivity contribution >= 4 is 21.9 Å². The lowest BCUT2D eigenvalue weighted by Crippen LogP contribution is -2.44. The maximum absolute atomic E-state index is 5.71. The number of benzene rings is 1. The molecule has 2 aromatic rings. The molecule has 0 aliphatic heterocycles. The number of ether oxygens (including phenoxy) is 1. The summed E-state index contributed by atoms with van der Waals surface area (Å²) >= 11 is 3.42. The van der Waals surface area contributed by atoms with E-state index in [0.717, 1.165) is 28.3 Å². The van der Waals surface area contributed by atoms with E-state index in [1.54, 1.807) is 7.05 Å². The minimum absolute atomic E-state index is 0.246. The second-order valence-corrected chi connectivity index (χ2v) is 7.24. The molecule has 1 aromatic carbocycles. The van der Waals surface area contributed by atoms with Gasteiger partial charge < -0.3 is 15.4 Å². The van der Waals surface area contributed by atoms with Crippen LogP contribution in [-0.4, -0.2) is 42.0 Å². The third kappa shape index (κ3) is 5.76. The fourth-order valence-electron chi connectivity index (χ4n) is 2.77. The van der Waals surface area contributed by atoms with Crippen molar-refractivity contribution in [3.05, 3.63) is 45.7 Å². The number of nitrogens with zero attached hydrogens (tertiary/aromatic N) is 3. The van der Waals surface area contributed by atoms with Crippen LogP contribution in [0.4, 0.5) is 0 Å². The van der Waals surface area contributed by atoms with Crippen LogP contribution in [0.3, 0.4) is 0 Å². The van der Waals surface area contributed by atoms with Crippen LogP contribution >= 0.6 is 15.9 Å². The van der Waals surface area contributed by atoms with E-state index >= 15 is 0 Å². The van der Waals surface area contributed by atoms with Crippen LogP contribution in [0.5, 0.6) is 5.75 Å². The topological polar surface area (TPSA) is 63.5 Å². The molecule has 26 heavy (non-hydrogen) atoms. The zero-order valence-corrected chi connectivity index (χ0v) is 17.7. The highest BCUT2D eigenvalue weighted by molar-refractivity contribution is 9.10. The van der Waals surface area contributed by atoms with Crippen molar-refractivity contribution in [3.63, 3.8) is 0 Å². The van der Waals surface area contributed by atoms with E-state index in [1.165, 1.54) is 11.3 Å². The van der Waals surface area contributed by atoms with Gasteiger partial charge in [0, 0.05) is 30.3 Å². The van der Waals surface area contributed by atoms with Crippen molar-refractivity contribution in [1.82, 2.24) is 20.4 Å². The van der Waals surface area contributed by atoms with Crippen LogP contribution in [-0.2, 0) is 13.5 Å². The Morgan fingerprint density at radius 3 is 2.58 bits per heavy atom. The fraction of sp³-hybridized carbons (Fsp3) is 0.474. The van der Waals surface area contributed by atoms with Gasteiger partial charge in [0.2, 0.25) is 0 Å². The average molecular weight is 422 g/mol. The average Bonchev–Trinajstić information content (AvgIpc) is 2.85. The largest absolute Gasteiger partial charge is 0.492 e. The second-order valence-electron chi connectivity index (χ2n) is 6.32. The third-order valence-corrected chi connectivity index (χ3v) is 4.78. The lowest BCUT2D eigenvalue weighted by atomic mass is 10.1. The van der Waals surface area contributed by atoms with Crippen LogP contribution in [0.1, 0.15) is 23.9 Å². The molecule has 6 nitrogen and oxygen atoms in total. The molecule has 1 aromatic heterocycles. The van der Waals surface area contributed by atoms with Crippen molar-refractivity contribution in [2.45, 2.75) is 33.2 Å². The summed E-state index contributed by atoms with van der Waals surface area (Å²) in [4.78, 5) is 4.29. The molecule has 0 amide bonds. The molecule has 0 spiro atoms. The number of aromatic nitrogens is 2. The van der Waals surface area contributed by atoms with Gasteiger partial charge in [-0.05, 0) is 57.0 Å². The number of hydrogen-bond donors (Lipinski definition) is 2. The fourth-order valence-corrected chi connectivity index (χ4v) is 3.03. The molecule has 1 heterocycles. The molecule has 0 saturated carbocycles. The number of hydrogen-bond acceptors (Lipinski definition) is 3. The van der Waals surface area contributed by atoms with Gasteiger partial charge in [-0.3, -0.25) is 9.67 Å². The molecular formula is C19H28BrN5O. The van der Waals surface area contributed by atoms with Crippen molar-refractivity contribution in [2.75, 3.05) is 20.2 Å². The standard InChI is InChI=1S/C19H28BrN5O/c1-13(12-18-14(2)24-25(5)15(18)3)23-19(21-4)22-10-11-26-17-8-6-16(20)7-9-17/h6-9,13H,10-12H2,1-5H3,(H2,21,22,23). The molecular weight excluding hydrogens is 394 g/mol. The quantitative estimate of drug-likeness (QED) is 0.409. The Kier molecular flexibility index (Phi) is 7.50. The molecule has 142 valence electrons. The second kappa shape index (κ2) is 9.62. The van der Waals surface area contributed by atoms with Gasteiger partial charge in [-0.25, -0.2) is 0 Å². The maximum Gasteiger partial charge on any atom is 0.191 e. The summed E-state index contributed by atoms with van der Waals surface area (Å²) in [6.07, 6.45) is 0.904. The van der Waals surface area contributed by atoms with E-state index in [0.29, 0.717) is 13.2 Å². The minimum Gasteiger partial charge on any atom is -0.492 e. The Balaban J connectivity index is 1.77. The lowest BCUT2D eigenvalue weighted by molar-refractivity contribution is 0.321. The third-order valence-electron chi connectivity index (χ3n) is 4.25. The summed E-state index contributed by atoms with van der Waals surface area (Å²) in [6.45, 7) is 7.55. The summed E-state index contributed by atoms with van der Waals surface area (Å²) < 4.78 is 8.69. The lowest BCUT2D eigenvalue weighted by Gasteiger charge is -2.18. The Labute approximate surface area is 164 Å². The Bertz CT molecular complexity index is 739. The number of nitrogens with one attached hydrogen (secondary N) is 2. The molecule has 0 radical (unpaired) electrons. The number of aryl methyl sites for hydroxylation is 2. The Hall–Kier alpha value is -2.02. The van der Waals surface area contributed by atoms with Gasteiger partial charge in [0.05, 0.1) is 12.2 Å². The molecule has 0 fully saturated rings. The molecule has 0 saturated heterocycles. The van der Waals surface area contributed by atoms with Gasteiger partial charge in [0.1, 0.15) is 12.4 Å². The predicted octanol–water partition coefficient (Wildman–Crippen LogP) is 2.97. The van der Waals surface area contributed by atoms with Gasteiger partial charge >= 0.3 is 0 Å². The van der Waals surface area contributed by atoms with E-state index < -0.39 is 0 Å². The van der Waals surface area contributed by atoms with Crippen LogP contribution in [0.25, 0.3) is 0 Å². The Morgan fingerprint density at radius 2 is 2.00 bits per heavy atom. The summed E-state index contributed by atoms with van der Waals surface area (Å²) in [5, 5.41) is 11.2. The maximum atomic E-state index is 5.71. The van der Waals surface area contributed by atoms with Crippen molar-refractivity contribution < 1.29 is 4.74 Å². The zero-order valence-electron chi connectivity index (χ0n) is 16.1. The van der Waals surface area contributed by atoms with Crippen molar-refractivity contribution in [1.29, 1.82) is 0 Å². The van der Waals surface area contributed by atoms with Gasteiger partial charge in [-0.1, -0.05) is 15.9 Å². The summed E-state index contributed by atoms with van der Waals surface area (Å²) in [5.41, 5.74) is 3.59.